The van der Waals surface area contributed by atoms with Crippen molar-refractivity contribution in [1.29, 1.82) is 0 Å². The molecule has 1 heterocycles. The van der Waals surface area contributed by atoms with Crippen LogP contribution in [0.15, 0.2) is 42.5 Å². The molecule has 0 fully saturated rings. The summed E-state index contributed by atoms with van der Waals surface area (Å²) in [5.41, 5.74) is 2.23. The highest BCUT2D eigenvalue weighted by Crippen LogP contribution is 2.36. The zero-order chi connectivity index (χ0) is 20.3. The molecule has 1 aromatic heterocycles. The van der Waals surface area contributed by atoms with Crippen LogP contribution < -0.4 is 0 Å². The Morgan fingerprint density at radius 2 is 1.86 bits per heavy atom. The molecule has 0 amide bonds. The Bertz CT molecular complexity index is 1010. The fraction of sp³-hybridized carbons (Fsp3) is 0.238. The molecule has 0 spiro atoms. The lowest BCUT2D eigenvalue weighted by Crippen LogP contribution is -2.18. The molecule has 0 aliphatic carbocycles. The van der Waals surface area contributed by atoms with E-state index >= 15 is 0 Å². The Kier molecular flexibility index (Phi) is 6.27. The first-order valence-corrected chi connectivity index (χ1v) is 9.51. The molecule has 1 unspecified atom stereocenters. The molecule has 28 heavy (non-hydrogen) atoms. The van der Waals surface area contributed by atoms with Gasteiger partial charge in [-0.25, -0.2) is 4.79 Å². The van der Waals surface area contributed by atoms with Gasteiger partial charge in [-0.15, -0.1) is 0 Å². The monoisotopic (exact) mass is 419 g/mol. The number of H-pyrrole nitrogens is 1. The molecule has 2 aromatic carbocycles. The molecule has 0 saturated heterocycles. The molecule has 5 nitrogen and oxygen atoms in total. The van der Waals surface area contributed by atoms with Crippen LogP contribution in [0.5, 0.6) is 0 Å². The maximum absolute atomic E-state index is 12.5. The lowest BCUT2D eigenvalue weighted by atomic mass is 9.90. The second-order valence-electron chi connectivity index (χ2n) is 6.20. The summed E-state index contributed by atoms with van der Waals surface area (Å²) < 4.78 is 10.2. The Morgan fingerprint density at radius 3 is 2.50 bits per heavy atom. The van der Waals surface area contributed by atoms with Gasteiger partial charge in [-0.3, -0.25) is 4.79 Å². The zero-order valence-corrected chi connectivity index (χ0v) is 16.9. The summed E-state index contributed by atoms with van der Waals surface area (Å²) >= 11 is 12.5. The highest BCUT2D eigenvalue weighted by atomic mass is 35.5. The van der Waals surface area contributed by atoms with E-state index in [0.29, 0.717) is 26.5 Å². The molecule has 0 bridgehead atoms. The summed E-state index contributed by atoms with van der Waals surface area (Å²) in [6, 6.07) is 12.5. The molecule has 0 aliphatic heterocycles. The van der Waals surface area contributed by atoms with E-state index < -0.39 is 17.9 Å². The van der Waals surface area contributed by atoms with Crippen molar-refractivity contribution in [3.63, 3.8) is 0 Å². The minimum atomic E-state index is -0.606. The van der Waals surface area contributed by atoms with Crippen LogP contribution >= 0.6 is 23.2 Å². The summed E-state index contributed by atoms with van der Waals surface area (Å²) in [6.45, 7) is 1.95. The van der Waals surface area contributed by atoms with E-state index in [1.54, 1.807) is 19.1 Å². The largest absolute Gasteiger partial charge is 0.469 e. The van der Waals surface area contributed by atoms with Crippen LogP contribution in [0, 0.1) is 0 Å². The number of rotatable bonds is 6. The molecule has 0 saturated carbocycles. The van der Waals surface area contributed by atoms with Gasteiger partial charge in [-0.05, 0) is 36.6 Å². The predicted molar refractivity (Wildman–Crippen MR) is 109 cm³/mol. The van der Waals surface area contributed by atoms with Crippen LogP contribution in [0.3, 0.4) is 0 Å². The third-order valence-electron chi connectivity index (χ3n) is 4.49. The van der Waals surface area contributed by atoms with E-state index in [1.165, 1.54) is 7.11 Å². The van der Waals surface area contributed by atoms with E-state index in [4.69, 9.17) is 32.7 Å². The van der Waals surface area contributed by atoms with Crippen LogP contribution in [-0.4, -0.2) is 30.6 Å². The van der Waals surface area contributed by atoms with E-state index in [0.717, 1.165) is 5.56 Å². The number of aromatic amines is 1. The Morgan fingerprint density at radius 1 is 1.14 bits per heavy atom. The van der Waals surface area contributed by atoms with Gasteiger partial charge in [0.2, 0.25) is 0 Å². The molecule has 146 valence electrons. The summed E-state index contributed by atoms with van der Waals surface area (Å²) in [4.78, 5) is 28.1. The third kappa shape index (κ3) is 4.01. The first kappa shape index (κ1) is 20.2. The Hall–Kier alpha value is -2.50. The number of methoxy groups -OCH3 is 1. The van der Waals surface area contributed by atoms with Gasteiger partial charge >= 0.3 is 11.9 Å². The van der Waals surface area contributed by atoms with Gasteiger partial charge in [0.15, 0.2) is 0 Å². The third-order valence-corrected chi connectivity index (χ3v) is 5.01. The normalized spacial score (nSPS) is 12.0. The van der Waals surface area contributed by atoms with Crippen molar-refractivity contribution in [2.45, 2.75) is 19.3 Å². The highest BCUT2D eigenvalue weighted by molar-refractivity contribution is 6.39. The topological polar surface area (TPSA) is 68.4 Å². The van der Waals surface area contributed by atoms with E-state index in [-0.39, 0.29) is 18.7 Å². The minimum absolute atomic E-state index is 0.214. The lowest BCUT2D eigenvalue weighted by molar-refractivity contribution is -0.142. The number of carbonyl (C=O) groups excluding carboxylic acids is 2. The molecule has 1 atom stereocenters. The number of benzene rings is 2. The second-order valence-corrected chi connectivity index (χ2v) is 7.04. The van der Waals surface area contributed by atoms with Crippen LogP contribution in [0.1, 0.15) is 34.5 Å². The van der Waals surface area contributed by atoms with Crippen molar-refractivity contribution < 1.29 is 19.1 Å². The smallest absolute Gasteiger partial charge is 0.355 e. The predicted octanol–water partition coefficient (Wildman–Crippen LogP) is 5.15. The van der Waals surface area contributed by atoms with E-state index in [2.05, 4.69) is 4.98 Å². The molecule has 0 radical (unpaired) electrons. The van der Waals surface area contributed by atoms with Crippen LogP contribution in [0.25, 0.3) is 10.9 Å². The average Bonchev–Trinajstić information content (AvgIpc) is 3.04. The molecule has 0 aliphatic rings. The quantitative estimate of drug-likeness (QED) is 0.560. The summed E-state index contributed by atoms with van der Waals surface area (Å²) in [6.07, 6.45) is 0.214. The Balaban J connectivity index is 2.17. The molecular formula is C21H19Cl2NO4. The second kappa shape index (κ2) is 8.67. The fourth-order valence-corrected chi connectivity index (χ4v) is 3.87. The zero-order valence-electron chi connectivity index (χ0n) is 15.4. The van der Waals surface area contributed by atoms with Crippen molar-refractivity contribution in [2.75, 3.05) is 13.7 Å². The van der Waals surface area contributed by atoms with Crippen molar-refractivity contribution in [3.8, 4) is 0 Å². The van der Waals surface area contributed by atoms with E-state index in [9.17, 15) is 9.59 Å². The van der Waals surface area contributed by atoms with Crippen molar-refractivity contribution in [2.24, 2.45) is 0 Å². The van der Waals surface area contributed by atoms with Gasteiger partial charge in [0.25, 0.3) is 0 Å². The van der Waals surface area contributed by atoms with Crippen molar-refractivity contribution >= 4 is 46.0 Å². The maximum atomic E-state index is 12.5. The Labute approximate surface area is 172 Å². The average molecular weight is 420 g/mol. The van der Waals surface area contributed by atoms with Crippen LogP contribution in [-0.2, 0) is 20.7 Å². The lowest BCUT2D eigenvalue weighted by Gasteiger charge is -2.16. The minimum Gasteiger partial charge on any atom is -0.469 e. The number of aromatic nitrogens is 1. The van der Waals surface area contributed by atoms with Crippen molar-refractivity contribution in [3.05, 3.63) is 69.3 Å². The molecule has 3 rings (SSSR count). The van der Waals surface area contributed by atoms with Gasteiger partial charge < -0.3 is 14.5 Å². The molecule has 3 aromatic rings. The van der Waals surface area contributed by atoms with Gasteiger partial charge in [0, 0.05) is 15.9 Å². The van der Waals surface area contributed by atoms with E-state index in [1.807, 2.05) is 30.3 Å². The summed E-state index contributed by atoms with van der Waals surface area (Å²) in [5.74, 6) is -1.52. The standard InChI is InChI=1S/C21H19Cl2NO4/c1-3-28-21(26)19-15(18-16(23)9-13(22)10-17(18)24-19)11-14(20(25)27-2)12-7-5-4-6-8-12/h4-10,14,24H,3,11H2,1-2H3. The van der Waals surface area contributed by atoms with Gasteiger partial charge in [0.1, 0.15) is 5.69 Å². The number of nitrogens with one attached hydrogen (secondary N) is 1. The van der Waals surface area contributed by atoms with Gasteiger partial charge in [-0.2, -0.15) is 0 Å². The first-order chi connectivity index (χ1) is 13.5. The van der Waals surface area contributed by atoms with Crippen molar-refractivity contribution in [1.82, 2.24) is 4.98 Å². The number of carbonyl (C=O) groups is 2. The number of halogens is 2. The van der Waals surface area contributed by atoms with Crippen LogP contribution in [0.2, 0.25) is 10.0 Å². The number of fused-ring (bicyclic) bond motifs is 1. The number of esters is 2. The molecular weight excluding hydrogens is 401 g/mol. The highest BCUT2D eigenvalue weighted by Gasteiger charge is 2.28. The number of ether oxygens (including phenoxy) is 2. The first-order valence-electron chi connectivity index (χ1n) is 8.75. The number of hydrogen-bond acceptors (Lipinski definition) is 4. The summed E-state index contributed by atoms with van der Waals surface area (Å²) in [7, 11) is 1.34. The number of hydrogen-bond donors (Lipinski definition) is 1. The van der Waals surface area contributed by atoms with Crippen LogP contribution in [0.4, 0.5) is 0 Å². The summed E-state index contributed by atoms with van der Waals surface area (Å²) in [5, 5.41) is 1.47. The SMILES string of the molecule is CCOC(=O)c1[nH]c2cc(Cl)cc(Cl)c2c1CC(C(=O)OC)c1ccccc1. The van der Waals surface area contributed by atoms with Gasteiger partial charge in [0.05, 0.1) is 24.7 Å². The fourth-order valence-electron chi connectivity index (χ4n) is 3.26. The molecule has 7 heteroatoms. The molecule has 1 N–H and O–H groups in total. The maximum Gasteiger partial charge on any atom is 0.355 e. The van der Waals surface area contributed by atoms with Gasteiger partial charge in [-0.1, -0.05) is 53.5 Å².